The van der Waals surface area contributed by atoms with Crippen LogP contribution in [0.3, 0.4) is 0 Å². The maximum Gasteiger partial charge on any atom is 0.319 e. The van der Waals surface area contributed by atoms with E-state index in [1.807, 2.05) is 30.3 Å². The van der Waals surface area contributed by atoms with E-state index in [0.29, 0.717) is 10.9 Å². The standard InChI is InChI=1S/C14H8N2O3S/c17-14(16-20(18)19)10-5-3-7-13-11(10)8-9-4-1-2-6-12(9)15-13/h1-8H. The number of fused-ring (bicyclic) bond motifs is 2. The monoisotopic (exact) mass is 284 g/mol. The van der Waals surface area contributed by atoms with E-state index in [9.17, 15) is 13.2 Å². The van der Waals surface area contributed by atoms with E-state index in [4.69, 9.17) is 0 Å². The lowest BCUT2D eigenvalue weighted by atomic mass is 10.1. The molecule has 0 atom stereocenters. The Kier molecular flexibility index (Phi) is 3.00. The van der Waals surface area contributed by atoms with Gasteiger partial charge >= 0.3 is 10.5 Å². The minimum Gasteiger partial charge on any atom is -0.266 e. The molecule has 0 aliphatic carbocycles. The van der Waals surface area contributed by atoms with Crippen LogP contribution in [0.25, 0.3) is 21.8 Å². The quantitative estimate of drug-likeness (QED) is 0.643. The van der Waals surface area contributed by atoms with E-state index in [-0.39, 0.29) is 5.56 Å². The number of rotatable bonds is 1. The second-order valence-electron chi connectivity index (χ2n) is 4.17. The number of aromatic nitrogens is 1. The highest BCUT2D eigenvalue weighted by molar-refractivity contribution is 7.62. The number of amides is 1. The summed E-state index contributed by atoms with van der Waals surface area (Å²) in [4.78, 5) is 16.3. The lowest BCUT2D eigenvalue weighted by Crippen LogP contribution is -1.96. The van der Waals surface area contributed by atoms with E-state index in [2.05, 4.69) is 9.35 Å². The molecule has 3 rings (SSSR count). The van der Waals surface area contributed by atoms with Crippen LogP contribution in [0.4, 0.5) is 0 Å². The Morgan fingerprint density at radius 1 is 1.00 bits per heavy atom. The molecule has 1 amide bonds. The van der Waals surface area contributed by atoms with Crippen LogP contribution >= 0.6 is 0 Å². The second kappa shape index (κ2) is 4.82. The van der Waals surface area contributed by atoms with Crippen molar-refractivity contribution in [1.29, 1.82) is 0 Å². The third kappa shape index (κ3) is 2.17. The summed E-state index contributed by atoms with van der Waals surface area (Å²) >= 11 is 0. The number of pyridine rings is 1. The van der Waals surface area contributed by atoms with Gasteiger partial charge < -0.3 is 0 Å². The van der Waals surface area contributed by atoms with E-state index < -0.39 is 16.4 Å². The Balaban J connectivity index is 2.36. The van der Waals surface area contributed by atoms with Crippen molar-refractivity contribution < 1.29 is 13.2 Å². The van der Waals surface area contributed by atoms with Gasteiger partial charge in [-0.25, -0.2) is 4.98 Å². The maximum atomic E-state index is 11.8. The van der Waals surface area contributed by atoms with Crippen LogP contribution in [0.1, 0.15) is 10.4 Å². The Bertz CT molecular complexity index is 970. The van der Waals surface area contributed by atoms with Crippen molar-refractivity contribution >= 4 is 38.2 Å². The molecule has 0 aliphatic rings. The zero-order valence-electron chi connectivity index (χ0n) is 10.1. The molecule has 1 heterocycles. The Labute approximate surface area is 115 Å². The van der Waals surface area contributed by atoms with Gasteiger partial charge in [0.1, 0.15) is 0 Å². The predicted octanol–water partition coefficient (Wildman–Crippen LogP) is 2.59. The van der Waals surface area contributed by atoms with E-state index in [1.54, 1.807) is 12.1 Å². The van der Waals surface area contributed by atoms with E-state index in [1.165, 1.54) is 6.07 Å². The summed E-state index contributed by atoms with van der Waals surface area (Å²) in [6.07, 6.45) is 0. The van der Waals surface area contributed by atoms with Gasteiger partial charge in [0.25, 0.3) is 5.91 Å². The van der Waals surface area contributed by atoms with Gasteiger partial charge in [-0.2, -0.15) is 8.42 Å². The van der Waals surface area contributed by atoms with Crippen molar-refractivity contribution in [3.63, 3.8) is 0 Å². The summed E-state index contributed by atoms with van der Waals surface area (Å²) in [5.41, 5.74) is 1.67. The highest BCUT2D eigenvalue weighted by atomic mass is 32.2. The zero-order valence-corrected chi connectivity index (χ0v) is 11.0. The fourth-order valence-electron chi connectivity index (χ4n) is 2.10. The summed E-state index contributed by atoms with van der Waals surface area (Å²) in [7, 11) is -2.76. The number of carbonyl (C=O) groups excluding carboxylic acids is 1. The second-order valence-corrected chi connectivity index (χ2v) is 4.78. The maximum absolute atomic E-state index is 11.8. The molecule has 3 aromatic rings. The molecular weight excluding hydrogens is 276 g/mol. The van der Waals surface area contributed by atoms with Crippen LogP contribution in [-0.2, 0) is 10.5 Å². The molecule has 0 unspecified atom stereocenters. The first kappa shape index (κ1) is 12.4. The molecule has 0 spiro atoms. The zero-order chi connectivity index (χ0) is 14.1. The van der Waals surface area contributed by atoms with Crippen LogP contribution in [0.5, 0.6) is 0 Å². The van der Waals surface area contributed by atoms with Crippen molar-refractivity contribution in [3.8, 4) is 0 Å². The van der Waals surface area contributed by atoms with Gasteiger partial charge in [-0.15, -0.1) is 0 Å². The molecule has 0 fully saturated rings. The topological polar surface area (TPSA) is 76.5 Å². The fourth-order valence-corrected chi connectivity index (χ4v) is 2.34. The molecule has 5 nitrogen and oxygen atoms in total. The van der Waals surface area contributed by atoms with Gasteiger partial charge in [0.05, 0.1) is 16.6 Å². The van der Waals surface area contributed by atoms with Crippen molar-refractivity contribution in [2.45, 2.75) is 0 Å². The van der Waals surface area contributed by atoms with Crippen LogP contribution in [-0.4, -0.2) is 19.3 Å². The number of hydrogen-bond acceptors (Lipinski definition) is 4. The average molecular weight is 284 g/mol. The third-order valence-corrected chi connectivity index (χ3v) is 3.26. The van der Waals surface area contributed by atoms with Crippen molar-refractivity contribution in [3.05, 3.63) is 54.1 Å². The predicted molar refractivity (Wildman–Crippen MR) is 74.9 cm³/mol. The number of para-hydroxylation sites is 1. The number of nitrogens with zero attached hydrogens (tertiary/aromatic N) is 2. The number of carbonyl (C=O) groups is 1. The molecular formula is C14H8N2O3S. The SMILES string of the molecule is O=C(N=S(=O)=O)c1cccc2nc3ccccc3cc12. The normalized spacial score (nSPS) is 10.6. The molecule has 1 aromatic heterocycles. The summed E-state index contributed by atoms with van der Waals surface area (Å²) < 4.78 is 24.1. The van der Waals surface area contributed by atoms with E-state index >= 15 is 0 Å². The summed E-state index contributed by atoms with van der Waals surface area (Å²) in [5.74, 6) is -0.791. The molecule has 0 bridgehead atoms. The van der Waals surface area contributed by atoms with Gasteiger partial charge in [-0.1, -0.05) is 28.6 Å². The Morgan fingerprint density at radius 2 is 1.75 bits per heavy atom. The van der Waals surface area contributed by atoms with Gasteiger partial charge in [-0.3, -0.25) is 4.79 Å². The molecule has 6 heteroatoms. The first-order valence-electron chi connectivity index (χ1n) is 5.79. The van der Waals surface area contributed by atoms with E-state index in [0.717, 1.165) is 10.9 Å². The van der Waals surface area contributed by atoms with Crippen molar-refractivity contribution in [2.75, 3.05) is 0 Å². The lowest BCUT2D eigenvalue weighted by molar-refractivity contribution is 0.101. The third-order valence-electron chi connectivity index (χ3n) is 2.95. The first-order valence-corrected chi connectivity index (χ1v) is 6.82. The largest absolute Gasteiger partial charge is 0.319 e. The van der Waals surface area contributed by atoms with Gasteiger partial charge in [-0.05, 0) is 24.3 Å². The molecule has 0 N–H and O–H groups in total. The van der Waals surface area contributed by atoms with Gasteiger partial charge in [0, 0.05) is 10.8 Å². The summed E-state index contributed by atoms with van der Waals surface area (Å²) in [5, 5.41) is 1.47. The number of benzene rings is 2. The van der Waals surface area contributed by atoms with Crippen molar-refractivity contribution in [1.82, 2.24) is 4.98 Å². The Morgan fingerprint density at radius 3 is 2.55 bits per heavy atom. The van der Waals surface area contributed by atoms with Crippen molar-refractivity contribution in [2.24, 2.45) is 4.36 Å². The van der Waals surface area contributed by atoms with Crippen LogP contribution in [0.15, 0.2) is 52.9 Å². The molecule has 0 saturated carbocycles. The van der Waals surface area contributed by atoms with Crippen LogP contribution < -0.4 is 0 Å². The summed E-state index contributed by atoms with van der Waals surface area (Å²) in [6.45, 7) is 0. The minimum atomic E-state index is -2.76. The smallest absolute Gasteiger partial charge is 0.266 e. The molecule has 98 valence electrons. The molecule has 0 radical (unpaired) electrons. The molecule has 0 saturated heterocycles. The highest BCUT2D eigenvalue weighted by Crippen LogP contribution is 2.23. The summed E-state index contributed by atoms with van der Waals surface area (Å²) in [6, 6.07) is 14.3. The Hall–Kier alpha value is -2.60. The molecule has 2 aromatic carbocycles. The van der Waals surface area contributed by atoms with Gasteiger partial charge in [0.2, 0.25) is 0 Å². The lowest BCUT2D eigenvalue weighted by Gasteiger charge is -2.04. The van der Waals surface area contributed by atoms with Gasteiger partial charge in [0.15, 0.2) is 0 Å². The van der Waals surface area contributed by atoms with Crippen LogP contribution in [0.2, 0.25) is 0 Å². The minimum absolute atomic E-state index is 0.227. The molecule has 20 heavy (non-hydrogen) atoms. The average Bonchev–Trinajstić information content (AvgIpc) is 2.43. The number of hydrogen-bond donors (Lipinski definition) is 0. The highest BCUT2D eigenvalue weighted by Gasteiger charge is 2.11. The fraction of sp³-hybridized carbons (Fsp3) is 0. The first-order chi connectivity index (χ1) is 9.65. The molecule has 0 aliphatic heterocycles. The van der Waals surface area contributed by atoms with Crippen LogP contribution in [0, 0.1) is 0 Å².